The van der Waals surface area contributed by atoms with Gasteiger partial charge in [0.15, 0.2) is 0 Å². The zero-order chi connectivity index (χ0) is 7.98. The highest BCUT2D eigenvalue weighted by molar-refractivity contribution is 6.34. The Bertz CT molecular complexity index is 134. The lowest BCUT2D eigenvalue weighted by molar-refractivity contribution is -0.137. The summed E-state index contributed by atoms with van der Waals surface area (Å²) in [4.78, 5) is 20.4. The Morgan fingerprint density at radius 2 is 2.10 bits per heavy atom. The molecule has 0 rings (SSSR count). The topological polar surface area (TPSA) is 70.0 Å². The molecule has 2 amide bonds. The van der Waals surface area contributed by atoms with Crippen molar-refractivity contribution in [2.75, 3.05) is 6.54 Å². The quantitative estimate of drug-likeness (QED) is 0.435. The minimum atomic E-state index is -1.17. The monoisotopic (exact) mass is 143 g/mol. The van der Waals surface area contributed by atoms with E-state index in [4.69, 9.17) is 5.73 Å². The van der Waals surface area contributed by atoms with Gasteiger partial charge in [0.05, 0.1) is 0 Å². The van der Waals surface area contributed by atoms with Crippen molar-refractivity contribution in [1.82, 2.24) is 11.1 Å². The van der Waals surface area contributed by atoms with Crippen LogP contribution in [-0.2, 0) is 9.59 Å². The second-order valence-corrected chi connectivity index (χ2v) is 1.94. The maximum atomic E-state index is 10.4. The maximum absolute atomic E-state index is 10.4. The molecule has 0 atom stereocenters. The number of rotatable bonds is 3. The smallest absolute Gasteiger partial charge is 0.327 e. The predicted octanol–water partition coefficient (Wildman–Crippen LogP) is -0.288. The van der Waals surface area contributed by atoms with E-state index in [2.05, 4.69) is 5.32 Å². The Labute approximate surface area is 59.8 Å². The zero-order valence-corrected chi connectivity index (χ0v) is 5.94. The number of amides is 2. The van der Waals surface area contributed by atoms with Crippen LogP contribution in [0.4, 0.5) is 0 Å². The van der Waals surface area contributed by atoms with Crippen molar-refractivity contribution in [3.05, 3.63) is 0 Å². The second kappa shape index (κ2) is 4.78. The van der Waals surface area contributed by atoms with Gasteiger partial charge in [-0.15, -0.1) is 0 Å². The first kappa shape index (κ1) is 8.94. The number of nitrogens with one attached hydrogen (secondary N) is 2. The van der Waals surface area contributed by atoms with E-state index in [1.54, 1.807) is 0 Å². The molecule has 0 aliphatic carbocycles. The van der Waals surface area contributed by atoms with E-state index in [9.17, 15) is 9.59 Å². The summed E-state index contributed by atoms with van der Waals surface area (Å²) < 4.78 is 0. The van der Waals surface area contributed by atoms with E-state index in [0.29, 0.717) is 6.54 Å². The van der Waals surface area contributed by atoms with Gasteiger partial charge in [0, 0.05) is 6.54 Å². The average Bonchev–Trinajstić information content (AvgIpc) is 1.88. The third kappa shape index (κ3) is 3.88. The van der Waals surface area contributed by atoms with Gasteiger partial charge in [0.1, 0.15) is 0 Å². The van der Waals surface area contributed by atoms with E-state index < -0.39 is 11.8 Å². The lowest BCUT2D eigenvalue weighted by atomic mass is 10.3. The number of hydrogen-bond acceptors (Lipinski definition) is 2. The molecule has 4 heteroatoms. The van der Waals surface area contributed by atoms with Crippen LogP contribution in [0.15, 0.2) is 0 Å². The highest BCUT2D eigenvalue weighted by Crippen LogP contribution is 1.81. The largest absolute Gasteiger partial charge is 0.348 e. The molecule has 2 N–H and O–H groups in total. The first-order chi connectivity index (χ1) is 4.68. The Morgan fingerprint density at radius 1 is 1.50 bits per heavy atom. The van der Waals surface area contributed by atoms with E-state index in [-0.39, 0.29) is 0 Å². The van der Waals surface area contributed by atoms with E-state index >= 15 is 0 Å². The Kier molecular flexibility index (Phi) is 4.28. The highest BCUT2D eigenvalue weighted by Gasteiger charge is 2.06. The fraction of sp³-hybridized carbons (Fsp3) is 0.667. The molecule has 0 aliphatic heterocycles. The maximum Gasteiger partial charge on any atom is 0.327 e. The lowest BCUT2D eigenvalue weighted by Gasteiger charge is -1.97. The zero-order valence-electron chi connectivity index (χ0n) is 5.94. The molecule has 57 valence electrons. The van der Waals surface area contributed by atoms with Crippen molar-refractivity contribution in [1.29, 1.82) is 0 Å². The SMILES string of the molecule is CCCCNC(=O)C([NH])=O. The molecule has 0 unspecified atom stereocenters. The first-order valence-corrected chi connectivity index (χ1v) is 3.22. The molecular formula is C6H11N2O2. The van der Waals surface area contributed by atoms with E-state index in [1.807, 2.05) is 6.92 Å². The summed E-state index contributed by atoms with van der Waals surface area (Å²) in [6.07, 6.45) is 1.81. The molecule has 0 heterocycles. The van der Waals surface area contributed by atoms with Crippen LogP contribution in [0.2, 0.25) is 0 Å². The van der Waals surface area contributed by atoms with Crippen LogP contribution in [0.25, 0.3) is 0 Å². The summed E-state index contributed by atoms with van der Waals surface area (Å²) in [6, 6.07) is 0. The van der Waals surface area contributed by atoms with Gasteiger partial charge in [-0.25, -0.2) is 0 Å². The van der Waals surface area contributed by atoms with Gasteiger partial charge >= 0.3 is 11.8 Å². The second-order valence-electron chi connectivity index (χ2n) is 1.94. The fourth-order valence-corrected chi connectivity index (χ4v) is 0.459. The van der Waals surface area contributed by atoms with Crippen LogP contribution >= 0.6 is 0 Å². The summed E-state index contributed by atoms with van der Waals surface area (Å²) in [6.45, 7) is 2.47. The molecule has 0 aromatic heterocycles. The Morgan fingerprint density at radius 3 is 2.50 bits per heavy atom. The Balaban J connectivity index is 3.31. The average molecular weight is 143 g/mol. The molecule has 0 fully saturated rings. The summed E-state index contributed by atoms with van der Waals surface area (Å²) in [5.41, 5.74) is 6.37. The standard InChI is InChI=1S/C6H11N2O2/c1-2-3-4-8-6(10)5(7)9/h7H,2-4H2,1H3,(H,8,10). The molecule has 0 aliphatic rings. The van der Waals surface area contributed by atoms with Gasteiger partial charge in [0.2, 0.25) is 0 Å². The summed E-state index contributed by atoms with van der Waals surface area (Å²) in [7, 11) is 0. The van der Waals surface area contributed by atoms with Crippen molar-refractivity contribution in [2.24, 2.45) is 0 Å². The number of carbonyl (C=O) groups is 2. The molecule has 10 heavy (non-hydrogen) atoms. The molecule has 0 spiro atoms. The van der Waals surface area contributed by atoms with Gasteiger partial charge in [-0.05, 0) is 6.42 Å². The molecule has 0 saturated heterocycles. The van der Waals surface area contributed by atoms with Crippen LogP contribution in [0, 0.1) is 0 Å². The van der Waals surface area contributed by atoms with Crippen LogP contribution in [0.3, 0.4) is 0 Å². The summed E-state index contributed by atoms with van der Waals surface area (Å²) >= 11 is 0. The molecule has 4 nitrogen and oxygen atoms in total. The van der Waals surface area contributed by atoms with Crippen molar-refractivity contribution in [3.8, 4) is 0 Å². The van der Waals surface area contributed by atoms with Gasteiger partial charge in [-0.3, -0.25) is 15.3 Å². The molecule has 0 aromatic rings. The predicted molar refractivity (Wildman–Crippen MR) is 36.0 cm³/mol. The van der Waals surface area contributed by atoms with Crippen LogP contribution < -0.4 is 11.1 Å². The molecule has 0 saturated carbocycles. The molecule has 0 bridgehead atoms. The highest BCUT2D eigenvalue weighted by atomic mass is 16.2. The van der Waals surface area contributed by atoms with Crippen LogP contribution in [0.1, 0.15) is 19.8 Å². The van der Waals surface area contributed by atoms with Crippen LogP contribution in [-0.4, -0.2) is 18.4 Å². The summed E-state index contributed by atoms with van der Waals surface area (Å²) in [5.74, 6) is -1.98. The number of hydrogen-bond donors (Lipinski definition) is 1. The van der Waals surface area contributed by atoms with E-state index in [0.717, 1.165) is 12.8 Å². The van der Waals surface area contributed by atoms with Crippen molar-refractivity contribution >= 4 is 11.8 Å². The van der Waals surface area contributed by atoms with Gasteiger partial charge < -0.3 is 5.32 Å². The van der Waals surface area contributed by atoms with Gasteiger partial charge in [-0.1, -0.05) is 13.3 Å². The number of carbonyl (C=O) groups excluding carboxylic acids is 2. The fourth-order valence-electron chi connectivity index (χ4n) is 0.459. The normalized spacial score (nSPS) is 8.90. The third-order valence-corrected chi connectivity index (χ3v) is 1.02. The van der Waals surface area contributed by atoms with Crippen molar-refractivity contribution in [2.45, 2.75) is 19.8 Å². The van der Waals surface area contributed by atoms with Crippen LogP contribution in [0.5, 0.6) is 0 Å². The molecule has 1 radical (unpaired) electrons. The minimum Gasteiger partial charge on any atom is -0.348 e. The Hall–Kier alpha value is -1.06. The first-order valence-electron chi connectivity index (χ1n) is 3.22. The van der Waals surface area contributed by atoms with Crippen molar-refractivity contribution < 1.29 is 9.59 Å². The van der Waals surface area contributed by atoms with Crippen molar-refractivity contribution in [3.63, 3.8) is 0 Å². The number of unbranched alkanes of at least 4 members (excludes halogenated alkanes) is 1. The summed E-state index contributed by atoms with van der Waals surface area (Å²) in [5, 5.41) is 2.31. The van der Waals surface area contributed by atoms with E-state index in [1.165, 1.54) is 0 Å². The molecule has 0 aromatic carbocycles. The third-order valence-electron chi connectivity index (χ3n) is 1.02. The molecular weight excluding hydrogens is 132 g/mol. The lowest BCUT2D eigenvalue weighted by Crippen LogP contribution is -2.32. The minimum absolute atomic E-state index is 0.486. The van der Waals surface area contributed by atoms with Gasteiger partial charge in [0.25, 0.3) is 0 Å². The van der Waals surface area contributed by atoms with Gasteiger partial charge in [-0.2, -0.15) is 0 Å².